The maximum absolute atomic E-state index is 6.10. The molecule has 8 aliphatic rings. The van der Waals surface area contributed by atoms with E-state index in [4.69, 9.17) is 18.6 Å². The van der Waals surface area contributed by atoms with Crippen molar-refractivity contribution in [2.45, 2.75) is 193 Å². The molecule has 106 heavy (non-hydrogen) atoms. The Labute approximate surface area is 638 Å². The summed E-state index contributed by atoms with van der Waals surface area (Å²) in [6.45, 7) is 45.1. The minimum atomic E-state index is -0.345. The highest BCUT2D eigenvalue weighted by atomic mass is 79.9. The third-order valence-corrected chi connectivity index (χ3v) is 26.9. The number of hydrogen-bond acceptors (Lipinski definition) is 7. The molecule has 0 amide bonds. The number of fused-ring (bicyclic) bond motifs is 12. The van der Waals surface area contributed by atoms with Crippen LogP contribution in [0.1, 0.15) is 205 Å². The quantitative estimate of drug-likeness (QED) is 0.163. The standard InChI is InChI=1S/C54H48N2.C24H22BrN.C18H28B2O4/c1-51(2)37-17-9-13-21-45(37)55-46-22-14-10-18-38(46)52(3,4)42-30-35(29-41(51)49(42)55)33-25-27-34(28-26-33)36-31-43-50-44(32-36)54(7,8)40-20-12-16-24-48(40)56(50)47-23-15-11-19-39(47)53(43,5)6;1-23(2)16-9-5-7-11-20(16)26-21-12-8-6-10-17(21)24(3,4)19-14-15(25)13-18(23)22(19)26;1-15(2)16(3,4)22-19(21-15)13-9-11-14(12-10-13)20-23-17(5,6)18(7,8)24-20/h9-32H,1-8H3;5-14H,1-4H3;9-12H,1-8H3. The number of halogens is 1. The van der Waals surface area contributed by atoms with E-state index in [-0.39, 0.29) is 69.1 Å². The summed E-state index contributed by atoms with van der Waals surface area (Å²) in [4.78, 5) is 7.57. The monoisotopic (exact) mass is 1460 g/mol. The first-order valence-corrected chi connectivity index (χ1v) is 38.9. The zero-order valence-electron chi connectivity index (χ0n) is 65.4. The lowest BCUT2D eigenvalue weighted by Gasteiger charge is -2.49. The van der Waals surface area contributed by atoms with Gasteiger partial charge in [0.1, 0.15) is 0 Å². The molecule has 0 aromatic heterocycles. The number of nitrogens with zero attached hydrogens (tertiary/aromatic N) is 3. The Bertz CT molecular complexity index is 4930. The van der Waals surface area contributed by atoms with Crippen LogP contribution < -0.4 is 25.6 Å². The molecular weight excluding hydrogens is 1360 g/mol. The second-order valence-corrected chi connectivity index (χ2v) is 36.9. The molecule has 8 heterocycles. The van der Waals surface area contributed by atoms with Crippen LogP contribution in [0.15, 0.2) is 235 Å². The van der Waals surface area contributed by atoms with Crippen LogP contribution in [-0.2, 0) is 51.1 Å². The van der Waals surface area contributed by atoms with Crippen molar-refractivity contribution in [3.05, 3.63) is 302 Å². The van der Waals surface area contributed by atoms with Gasteiger partial charge in [0.15, 0.2) is 0 Å². The van der Waals surface area contributed by atoms with Gasteiger partial charge in [-0.3, -0.25) is 0 Å². The molecular formula is C96H98B2BrN3O4. The first-order valence-electron chi connectivity index (χ1n) is 38.1. The van der Waals surface area contributed by atoms with Crippen molar-refractivity contribution in [1.29, 1.82) is 0 Å². The summed E-state index contributed by atoms with van der Waals surface area (Å²) in [6, 6.07) is 85.9. The van der Waals surface area contributed by atoms with Crippen LogP contribution in [0.4, 0.5) is 51.2 Å². The van der Waals surface area contributed by atoms with E-state index in [2.05, 4.69) is 375 Å². The lowest BCUT2D eigenvalue weighted by molar-refractivity contribution is 0.00578. The Hall–Kier alpha value is -8.73. The SMILES string of the molecule is CC1(C)OB(c2ccc(B3OC(C)(C)C(C)(C)O3)cc2)OC1(C)C.CC1(C)c2ccccc2N2c3ccccc3C(C)(C)c3cc(-c4ccc(-c5cc6c7c(c5)C(C)(C)c5ccccc5N7c5ccccc5C6(C)C)cc4)cc1c32.CC1(C)c2ccccc2N2c3ccccc3C(C)(C)c3cc(Br)cc1c32. The van der Waals surface area contributed by atoms with Gasteiger partial charge >= 0.3 is 14.2 Å². The van der Waals surface area contributed by atoms with Gasteiger partial charge in [0.25, 0.3) is 0 Å². The van der Waals surface area contributed by atoms with Crippen molar-refractivity contribution in [2.24, 2.45) is 0 Å². The van der Waals surface area contributed by atoms with Gasteiger partial charge in [0.05, 0.1) is 73.6 Å². The minimum absolute atomic E-state index is 0.0384. The third kappa shape index (κ3) is 10.3. The van der Waals surface area contributed by atoms with Gasteiger partial charge in [-0.2, -0.15) is 0 Å². The average Bonchev–Trinajstić information content (AvgIpc) is 1.10. The summed E-state index contributed by atoms with van der Waals surface area (Å²) in [5.41, 5.74) is 33.4. The molecule has 0 spiro atoms. The van der Waals surface area contributed by atoms with Crippen molar-refractivity contribution in [2.75, 3.05) is 14.7 Å². The van der Waals surface area contributed by atoms with Crippen molar-refractivity contribution < 1.29 is 18.6 Å². The van der Waals surface area contributed by atoms with Gasteiger partial charge < -0.3 is 33.3 Å². The zero-order chi connectivity index (χ0) is 74.8. The first kappa shape index (κ1) is 70.3. The maximum Gasteiger partial charge on any atom is 0.494 e. The van der Waals surface area contributed by atoms with Crippen LogP contribution in [0.2, 0.25) is 0 Å². The highest BCUT2D eigenvalue weighted by molar-refractivity contribution is 9.10. The minimum Gasteiger partial charge on any atom is -0.399 e. The van der Waals surface area contributed by atoms with Gasteiger partial charge in [-0.1, -0.05) is 257 Å². The summed E-state index contributed by atoms with van der Waals surface area (Å²) in [6.07, 6.45) is 0. The third-order valence-electron chi connectivity index (χ3n) is 26.5. The molecule has 0 saturated carbocycles. The van der Waals surface area contributed by atoms with Crippen LogP contribution >= 0.6 is 15.9 Å². The second kappa shape index (κ2) is 23.6. The van der Waals surface area contributed by atoms with Crippen molar-refractivity contribution in [1.82, 2.24) is 0 Å². The summed E-state index contributed by atoms with van der Waals surface area (Å²) >= 11 is 3.79. The van der Waals surface area contributed by atoms with E-state index in [0.29, 0.717) is 0 Å². The van der Waals surface area contributed by atoms with E-state index in [1.807, 2.05) is 24.3 Å². The van der Waals surface area contributed by atoms with Gasteiger partial charge in [0, 0.05) is 37.0 Å². The summed E-state index contributed by atoms with van der Waals surface area (Å²) in [5, 5.41) is 0. The van der Waals surface area contributed by atoms with E-state index < -0.39 is 0 Å². The van der Waals surface area contributed by atoms with Crippen molar-refractivity contribution in [3.63, 3.8) is 0 Å². The number of benzene rings is 11. The molecule has 0 atom stereocenters. The fourth-order valence-corrected chi connectivity index (χ4v) is 19.0. The molecule has 0 unspecified atom stereocenters. The Kier molecular flexibility index (Phi) is 15.7. The van der Waals surface area contributed by atoms with Crippen LogP contribution in [0.5, 0.6) is 0 Å². The predicted molar refractivity (Wildman–Crippen MR) is 446 cm³/mol. The number of rotatable bonds is 4. The number of anilines is 9. The van der Waals surface area contributed by atoms with Crippen LogP contribution in [0, 0.1) is 0 Å². The van der Waals surface area contributed by atoms with E-state index >= 15 is 0 Å². The highest BCUT2D eigenvalue weighted by Crippen LogP contribution is 2.65. The Balaban J connectivity index is 0.000000136. The smallest absolute Gasteiger partial charge is 0.399 e. The molecule has 0 radical (unpaired) electrons. The fraction of sp³-hybridized carbons (Fsp3) is 0.312. The van der Waals surface area contributed by atoms with Gasteiger partial charge in [-0.15, -0.1) is 0 Å². The summed E-state index contributed by atoms with van der Waals surface area (Å²) in [7, 11) is -0.690. The van der Waals surface area contributed by atoms with Crippen molar-refractivity contribution in [3.8, 4) is 22.3 Å². The Morgan fingerprint density at radius 2 is 0.415 bits per heavy atom. The lowest BCUT2D eigenvalue weighted by Crippen LogP contribution is -2.41. The number of hydrogen-bond donors (Lipinski definition) is 0. The molecule has 19 rings (SSSR count). The predicted octanol–water partition coefficient (Wildman–Crippen LogP) is 24.0. The molecule has 534 valence electrons. The van der Waals surface area contributed by atoms with Gasteiger partial charge in [-0.25, -0.2) is 0 Å². The van der Waals surface area contributed by atoms with Crippen LogP contribution in [0.25, 0.3) is 22.3 Å². The number of para-hydroxylation sites is 6. The summed E-state index contributed by atoms with van der Waals surface area (Å²) < 4.78 is 25.5. The Morgan fingerprint density at radius 1 is 0.226 bits per heavy atom. The second-order valence-electron chi connectivity index (χ2n) is 36.0. The summed E-state index contributed by atoms with van der Waals surface area (Å²) in [5.74, 6) is 0. The fourth-order valence-electron chi connectivity index (χ4n) is 18.6. The Morgan fingerprint density at radius 3 is 0.623 bits per heavy atom. The molecule has 0 aliphatic carbocycles. The maximum atomic E-state index is 6.10. The van der Waals surface area contributed by atoms with Gasteiger partial charge in [-0.05, 0) is 228 Å². The van der Waals surface area contributed by atoms with E-state index in [0.717, 1.165) is 15.4 Å². The van der Waals surface area contributed by atoms with E-state index in [1.54, 1.807) is 0 Å². The zero-order valence-corrected chi connectivity index (χ0v) is 67.0. The van der Waals surface area contributed by atoms with Crippen molar-refractivity contribution >= 4 is 92.3 Å². The normalized spacial score (nSPS) is 19.9. The van der Waals surface area contributed by atoms with E-state index in [1.165, 1.54) is 140 Å². The molecule has 11 aromatic rings. The lowest BCUT2D eigenvalue weighted by atomic mass is 9.65. The topological polar surface area (TPSA) is 46.6 Å². The largest absolute Gasteiger partial charge is 0.494 e. The molecule has 10 heteroatoms. The first-order chi connectivity index (χ1) is 50.0. The van der Waals surface area contributed by atoms with E-state index in [9.17, 15) is 0 Å². The highest BCUT2D eigenvalue weighted by Gasteiger charge is 2.55. The molecule has 0 bridgehead atoms. The van der Waals surface area contributed by atoms with Crippen LogP contribution in [-0.4, -0.2) is 36.6 Å². The van der Waals surface area contributed by atoms with Gasteiger partial charge in [0.2, 0.25) is 0 Å². The molecule has 0 N–H and O–H groups in total. The average molecular weight is 1460 g/mol. The molecule has 11 aromatic carbocycles. The van der Waals surface area contributed by atoms with Crippen LogP contribution in [0.3, 0.4) is 0 Å². The molecule has 2 fully saturated rings. The molecule has 7 nitrogen and oxygen atoms in total. The molecule has 8 aliphatic heterocycles. The molecule has 2 saturated heterocycles.